The van der Waals surface area contributed by atoms with Gasteiger partial charge in [0.2, 0.25) is 5.91 Å². The van der Waals surface area contributed by atoms with Gasteiger partial charge in [0.15, 0.2) is 0 Å². The first-order valence-electron chi connectivity index (χ1n) is 6.12. The minimum absolute atomic E-state index is 0.185. The summed E-state index contributed by atoms with van der Waals surface area (Å²) >= 11 is 0. The van der Waals surface area contributed by atoms with E-state index in [4.69, 9.17) is 5.73 Å². The van der Waals surface area contributed by atoms with Gasteiger partial charge in [0.05, 0.1) is 0 Å². The van der Waals surface area contributed by atoms with Crippen LogP contribution in [0, 0.1) is 17.8 Å². The van der Waals surface area contributed by atoms with Crippen LogP contribution in [0.2, 0.25) is 0 Å². The SMILES string of the molecule is CN(CCC(N)=O)CC1CC2CCC1C2. The quantitative estimate of drug-likeness (QED) is 0.742. The van der Waals surface area contributed by atoms with Crippen LogP contribution >= 0.6 is 0 Å². The molecule has 3 heteroatoms. The van der Waals surface area contributed by atoms with Crippen molar-refractivity contribution in [3.8, 4) is 0 Å². The summed E-state index contributed by atoms with van der Waals surface area (Å²) in [7, 11) is 2.11. The van der Waals surface area contributed by atoms with Crippen molar-refractivity contribution in [2.75, 3.05) is 20.1 Å². The molecule has 2 aliphatic carbocycles. The Hall–Kier alpha value is -0.570. The molecule has 15 heavy (non-hydrogen) atoms. The van der Waals surface area contributed by atoms with Crippen molar-refractivity contribution < 1.29 is 4.79 Å². The largest absolute Gasteiger partial charge is 0.370 e. The average Bonchev–Trinajstić information content (AvgIpc) is 2.76. The van der Waals surface area contributed by atoms with Gasteiger partial charge >= 0.3 is 0 Å². The highest BCUT2D eigenvalue weighted by Gasteiger charge is 2.39. The maximum Gasteiger partial charge on any atom is 0.218 e. The van der Waals surface area contributed by atoms with Gasteiger partial charge in [-0.1, -0.05) is 6.42 Å². The van der Waals surface area contributed by atoms with Crippen LogP contribution in [0.3, 0.4) is 0 Å². The number of nitrogens with zero attached hydrogens (tertiary/aromatic N) is 1. The highest BCUT2D eigenvalue weighted by atomic mass is 16.1. The molecule has 2 fully saturated rings. The Bertz CT molecular complexity index is 242. The molecule has 0 heterocycles. The lowest BCUT2D eigenvalue weighted by Crippen LogP contribution is -2.31. The van der Waals surface area contributed by atoms with E-state index in [0.29, 0.717) is 6.42 Å². The molecule has 86 valence electrons. The predicted octanol–water partition coefficient (Wildman–Crippen LogP) is 1.23. The summed E-state index contributed by atoms with van der Waals surface area (Å²) in [5.74, 6) is 2.70. The molecule has 0 aromatic carbocycles. The second-order valence-electron chi connectivity index (χ2n) is 5.41. The zero-order chi connectivity index (χ0) is 10.8. The second kappa shape index (κ2) is 4.52. The molecule has 2 saturated carbocycles. The fourth-order valence-corrected chi connectivity index (χ4v) is 3.39. The molecule has 2 rings (SSSR count). The second-order valence-corrected chi connectivity index (χ2v) is 5.41. The number of amides is 1. The normalized spacial score (nSPS) is 33.9. The standard InChI is InChI=1S/C12H22N2O/c1-14(5-4-12(13)15)8-11-7-9-2-3-10(11)6-9/h9-11H,2-8H2,1H3,(H2,13,15). The Morgan fingerprint density at radius 1 is 1.40 bits per heavy atom. The van der Waals surface area contributed by atoms with E-state index in [1.807, 2.05) is 0 Å². The molecule has 1 amide bonds. The maximum absolute atomic E-state index is 10.7. The Kier molecular flexibility index (Phi) is 3.29. The van der Waals surface area contributed by atoms with Gasteiger partial charge < -0.3 is 10.6 Å². The van der Waals surface area contributed by atoms with Gasteiger partial charge in [0, 0.05) is 19.5 Å². The van der Waals surface area contributed by atoms with Crippen LogP contribution in [0.25, 0.3) is 0 Å². The lowest BCUT2D eigenvalue weighted by Gasteiger charge is -2.26. The van der Waals surface area contributed by atoms with Gasteiger partial charge in [-0.05, 0) is 44.1 Å². The zero-order valence-electron chi connectivity index (χ0n) is 9.61. The van der Waals surface area contributed by atoms with Crippen LogP contribution in [-0.4, -0.2) is 30.9 Å². The van der Waals surface area contributed by atoms with Crippen LogP contribution in [0.15, 0.2) is 0 Å². The van der Waals surface area contributed by atoms with Gasteiger partial charge in [0.1, 0.15) is 0 Å². The molecule has 0 spiro atoms. The first kappa shape index (κ1) is 10.9. The third-order valence-electron chi connectivity index (χ3n) is 4.17. The smallest absolute Gasteiger partial charge is 0.218 e. The highest BCUT2D eigenvalue weighted by molar-refractivity contribution is 5.73. The van der Waals surface area contributed by atoms with Crippen LogP contribution in [0.1, 0.15) is 32.1 Å². The highest BCUT2D eigenvalue weighted by Crippen LogP contribution is 2.48. The number of primary amides is 1. The van der Waals surface area contributed by atoms with E-state index in [9.17, 15) is 4.79 Å². The molecule has 2 aliphatic rings. The molecule has 0 aromatic rings. The summed E-state index contributed by atoms with van der Waals surface area (Å²) < 4.78 is 0. The van der Waals surface area contributed by atoms with Crippen molar-refractivity contribution in [3.05, 3.63) is 0 Å². The minimum atomic E-state index is -0.185. The van der Waals surface area contributed by atoms with E-state index in [-0.39, 0.29) is 5.91 Å². The van der Waals surface area contributed by atoms with E-state index < -0.39 is 0 Å². The summed E-state index contributed by atoms with van der Waals surface area (Å²) in [6.45, 7) is 1.98. The number of nitrogens with two attached hydrogens (primary N) is 1. The Morgan fingerprint density at radius 3 is 2.73 bits per heavy atom. The summed E-state index contributed by atoms with van der Waals surface area (Å²) in [5.41, 5.74) is 5.14. The van der Waals surface area contributed by atoms with Gasteiger partial charge in [-0.25, -0.2) is 0 Å². The van der Waals surface area contributed by atoms with E-state index >= 15 is 0 Å². The monoisotopic (exact) mass is 210 g/mol. The van der Waals surface area contributed by atoms with E-state index in [1.165, 1.54) is 25.7 Å². The number of hydrogen-bond acceptors (Lipinski definition) is 2. The number of carbonyl (C=O) groups is 1. The molecule has 0 aromatic heterocycles. The molecule has 2 N–H and O–H groups in total. The van der Waals surface area contributed by atoms with Crippen molar-refractivity contribution >= 4 is 5.91 Å². The summed E-state index contributed by atoms with van der Waals surface area (Å²) in [5, 5.41) is 0. The van der Waals surface area contributed by atoms with Gasteiger partial charge in [0.25, 0.3) is 0 Å². The number of carbonyl (C=O) groups excluding carboxylic acids is 1. The number of rotatable bonds is 5. The van der Waals surface area contributed by atoms with E-state index in [1.54, 1.807) is 0 Å². The number of hydrogen-bond donors (Lipinski definition) is 1. The summed E-state index contributed by atoms with van der Waals surface area (Å²) in [4.78, 5) is 12.9. The van der Waals surface area contributed by atoms with E-state index in [2.05, 4.69) is 11.9 Å². The first-order chi connectivity index (χ1) is 7.15. The van der Waals surface area contributed by atoms with Gasteiger partial charge in [-0.15, -0.1) is 0 Å². The molecule has 3 nitrogen and oxygen atoms in total. The van der Waals surface area contributed by atoms with Gasteiger partial charge in [-0.3, -0.25) is 4.79 Å². The van der Waals surface area contributed by atoms with Crippen molar-refractivity contribution in [1.29, 1.82) is 0 Å². The van der Waals surface area contributed by atoms with Crippen LogP contribution in [0.4, 0.5) is 0 Å². The van der Waals surface area contributed by atoms with Crippen LogP contribution in [-0.2, 0) is 4.79 Å². The topological polar surface area (TPSA) is 46.3 Å². The third-order valence-corrected chi connectivity index (χ3v) is 4.17. The molecular formula is C12H22N2O. The maximum atomic E-state index is 10.7. The fourth-order valence-electron chi connectivity index (χ4n) is 3.39. The molecule has 0 radical (unpaired) electrons. The Labute approximate surface area is 92.0 Å². The van der Waals surface area contributed by atoms with Crippen molar-refractivity contribution in [3.63, 3.8) is 0 Å². The van der Waals surface area contributed by atoms with Crippen molar-refractivity contribution in [2.24, 2.45) is 23.5 Å². The molecule has 0 saturated heterocycles. The third kappa shape index (κ3) is 2.71. The molecule has 2 bridgehead atoms. The lowest BCUT2D eigenvalue weighted by atomic mass is 9.88. The van der Waals surface area contributed by atoms with Crippen LogP contribution < -0.4 is 5.73 Å². The fraction of sp³-hybridized carbons (Fsp3) is 0.917. The Morgan fingerprint density at radius 2 is 2.20 bits per heavy atom. The van der Waals surface area contributed by atoms with Crippen LogP contribution in [0.5, 0.6) is 0 Å². The van der Waals surface area contributed by atoms with Gasteiger partial charge in [-0.2, -0.15) is 0 Å². The molecule has 0 aliphatic heterocycles. The average molecular weight is 210 g/mol. The first-order valence-corrected chi connectivity index (χ1v) is 6.12. The number of fused-ring (bicyclic) bond motifs is 2. The molecular weight excluding hydrogens is 188 g/mol. The Balaban J connectivity index is 1.70. The van der Waals surface area contributed by atoms with Crippen molar-refractivity contribution in [1.82, 2.24) is 4.90 Å². The predicted molar refractivity (Wildman–Crippen MR) is 60.2 cm³/mol. The van der Waals surface area contributed by atoms with E-state index in [0.717, 1.165) is 30.8 Å². The summed E-state index contributed by atoms with van der Waals surface area (Å²) in [6.07, 6.45) is 6.29. The summed E-state index contributed by atoms with van der Waals surface area (Å²) in [6, 6.07) is 0. The molecule has 3 unspecified atom stereocenters. The lowest BCUT2D eigenvalue weighted by molar-refractivity contribution is -0.118. The molecule has 3 atom stereocenters. The zero-order valence-corrected chi connectivity index (χ0v) is 9.61. The van der Waals surface area contributed by atoms with Crippen molar-refractivity contribution in [2.45, 2.75) is 32.1 Å². The minimum Gasteiger partial charge on any atom is -0.370 e.